The monoisotopic (exact) mass is 417 g/mol. The Balaban J connectivity index is 1.48. The van der Waals surface area contributed by atoms with Crippen LogP contribution in [0.15, 0.2) is 53.6 Å². The number of hydrogen-bond acceptors (Lipinski definition) is 5. The summed E-state index contributed by atoms with van der Waals surface area (Å²) in [5.74, 6) is 0.608. The first-order valence-corrected chi connectivity index (χ1v) is 10.2. The molecule has 1 amide bonds. The molecule has 8 nitrogen and oxygen atoms in total. The summed E-state index contributed by atoms with van der Waals surface area (Å²) in [5, 5.41) is 14.9. The third-order valence-electron chi connectivity index (χ3n) is 5.67. The van der Waals surface area contributed by atoms with E-state index in [1.54, 1.807) is 42.6 Å². The maximum Gasteiger partial charge on any atom is 0.280 e. The Morgan fingerprint density at radius 1 is 1.26 bits per heavy atom. The quantitative estimate of drug-likeness (QED) is 0.663. The number of rotatable bonds is 5. The molecule has 3 aromatic rings. The first-order chi connectivity index (χ1) is 15.1. The molecule has 1 atom stereocenters. The van der Waals surface area contributed by atoms with Gasteiger partial charge < -0.3 is 10.1 Å². The minimum atomic E-state index is -0.262. The smallest absolute Gasteiger partial charge is 0.280 e. The Labute approximate surface area is 179 Å². The lowest BCUT2D eigenvalue weighted by Crippen LogP contribution is -2.40. The number of pyridine rings is 1. The fourth-order valence-electron chi connectivity index (χ4n) is 3.75. The molecule has 8 heteroatoms. The van der Waals surface area contributed by atoms with Crippen molar-refractivity contribution >= 4 is 5.91 Å². The van der Waals surface area contributed by atoms with Crippen molar-refractivity contribution in [3.8, 4) is 23.0 Å². The second kappa shape index (κ2) is 8.98. The first kappa shape index (κ1) is 20.6. The average molecular weight is 417 g/mol. The van der Waals surface area contributed by atoms with Crippen LogP contribution >= 0.6 is 0 Å². The standard InChI is InChI=1S/C23H23N5O3/c1-15(17-8-10-31-11-9-17)27-22(29)19-6-7-21(25-13-19)28-23(30)20(14-26-28)18-4-2-16(12-24)3-5-18/h2-7,13-15,17,26H,8-11H2,1H3,(H,27,29)/t15-/m1/s1. The zero-order chi connectivity index (χ0) is 21.8. The summed E-state index contributed by atoms with van der Waals surface area (Å²) < 4.78 is 6.70. The van der Waals surface area contributed by atoms with Crippen LogP contribution < -0.4 is 10.9 Å². The van der Waals surface area contributed by atoms with Crippen LogP contribution in [0.25, 0.3) is 16.9 Å². The molecule has 2 aromatic heterocycles. The second-order valence-corrected chi connectivity index (χ2v) is 7.63. The first-order valence-electron chi connectivity index (χ1n) is 10.2. The Hall–Kier alpha value is -3.70. The summed E-state index contributed by atoms with van der Waals surface area (Å²) in [6.45, 7) is 3.48. The number of aromatic nitrogens is 3. The van der Waals surface area contributed by atoms with Crippen molar-refractivity contribution in [1.29, 1.82) is 5.26 Å². The molecule has 1 fully saturated rings. The van der Waals surface area contributed by atoms with Gasteiger partial charge in [0.2, 0.25) is 0 Å². The lowest BCUT2D eigenvalue weighted by molar-refractivity contribution is 0.0538. The highest BCUT2D eigenvalue weighted by molar-refractivity contribution is 5.94. The van der Waals surface area contributed by atoms with Gasteiger partial charge in [0, 0.05) is 31.6 Å². The minimum absolute atomic E-state index is 0.0529. The molecule has 2 N–H and O–H groups in total. The number of aromatic amines is 1. The van der Waals surface area contributed by atoms with Gasteiger partial charge in [0.1, 0.15) is 0 Å². The van der Waals surface area contributed by atoms with Crippen LogP contribution in [0, 0.1) is 17.2 Å². The van der Waals surface area contributed by atoms with E-state index in [1.807, 2.05) is 6.92 Å². The molecule has 0 aliphatic carbocycles. The number of amides is 1. The minimum Gasteiger partial charge on any atom is -0.381 e. The van der Waals surface area contributed by atoms with Crippen molar-refractivity contribution in [3.63, 3.8) is 0 Å². The van der Waals surface area contributed by atoms with E-state index in [0.29, 0.717) is 34.0 Å². The van der Waals surface area contributed by atoms with E-state index in [9.17, 15) is 9.59 Å². The van der Waals surface area contributed by atoms with Crippen molar-refractivity contribution in [3.05, 3.63) is 70.3 Å². The van der Waals surface area contributed by atoms with Crippen LogP contribution in [0.1, 0.15) is 35.7 Å². The highest BCUT2D eigenvalue weighted by atomic mass is 16.5. The number of hydrogen-bond donors (Lipinski definition) is 2. The van der Waals surface area contributed by atoms with Crippen molar-refractivity contribution < 1.29 is 9.53 Å². The molecule has 1 aromatic carbocycles. The Bertz CT molecular complexity index is 1150. The molecule has 1 saturated heterocycles. The summed E-state index contributed by atoms with van der Waals surface area (Å²) in [5.41, 5.74) is 1.88. The molecule has 0 bridgehead atoms. The molecule has 0 saturated carbocycles. The number of H-pyrrole nitrogens is 1. The normalized spacial score (nSPS) is 15.2. The zero-order valence-electron chi connectivity index (χ0n) is 17.2. The molecule has 0 radical (unpaired) electrons. The van der Waals surface area contributed by atoms with Gasteiger partial charge in [0.15, 0.2) is 5.82 Å². The third kappa shape index (κ3) is 4.42. The lowest BCUT2D eigenvalue weighted by atomic mass is 9.93. The fourth-order valence-corrected chi connectivity index (χ4v) is 3.75. The van der Waals surface area contributed by atoms with Crippen molar-refractivity contribution in [2.24, 2.45) is 5.92 Å². The molecule has 0 spiro atoms. The number of benzene rings is 1. The summed E-state index contributed by atoms with van der Waals surface area (Å²) in [4.78, 5) is 29.7. The zero-order valence-corrected chi connectivity index (χ0v) is 17.2. The van der Waals surface area contributed by atoms with Gasteiger partial charge in [-0.1, -0.05) is 12.1 Å². The van der Waals surface area contributed by atoms with E-state index in [4.69, 9.17) is 10.00 Å². The van der Waals surface area contributed by atoms with Crippen LogP contribution in [0.2, 0.25) is 0 Å². The molecular formula is C23H23N5O3. The maximum atomic E-state index is 12.8. The highest BCUT2D eigenvalue weighted by Gasteiger charge is 2.22. The Kier molecular flexibility index (Phi) is 5.96. The van der Waals surface area contributed by atoms with Gasteiger partial charge in [-0.05, 0) is 55.5 Å². The molecule has 3 heterocycles. The maximum absolute atomic E-state index is 12.8. The van der Waals surface area contributed by atoms with Gasteiger partial charge in [-0.3, -0.25) is 14.7 Å². The van der Waals surface area contributed by atoms with E-state index in [-0.39, 0.29) is 17.5 Å². The molecule has 1 aliphatic rings. The molecule has 158 valence electrons. The van der Waals surface area contributed by atoms with E-state index in [1.165, 1.54) is 10.9 Å². The van der Waals surface area contributed by atoms with Gasteiger partial charge in [-0.25, -0.2) is 9.67 Å². The van der Waals surface area contributed by atoms with Gasteiger partial charge in [-0.15, -0.1) is 0 Å². The summed E-state index contributed by atoms with van der Waals surface area (Å²) in [6, 6.07) is 12.2. The van der Waals surface area contributed by atoms with Crippen molar-refractivity contribution in [2.75, 3.05) is 13.2 Å². The fraction of sp³-hybridized carbons (Fsp3) is 0.304. The Morgan fingerprint density at radius 2 is 2.00 bits per heavy atom. The van der Waals surface area contributed by atoms with Crippen LogP contribution in [0.3, 0.4) is 0 Å². The topological polar surface area (TPSA) is 113 Å². The predicted octanol–water partition coefficient (Wildman–Crippen LogP) is 2.64. The number of nitrogens with one attached hydrogen (secondary N) is 2. The van der Waals surface area contributed by atoms with Gasteiger partial charge in [0.05, 0.1) is 22.8 Å². The van der Waals surface area contributed by atoms with Crippen LogP contribution in [-0.4, -0.2) is 39.9 Å². The molecule has 0 unspecified atom stereocenters. The number of nitriles is 1. The van der Waals surface area contributed by atoms with Crippen LogP contribution in [0.4, 0.5) is 0 Å². The lowest BCUT2D eigenvalue weighted by Gasteiger charge is -2.28. The van der Waals surface area contributed by atoms with Gasteiger partial charge in [-0.2, -0.15) is 5.26 Å². The number of carbonyl (C=O) groups is 1. The van der Waals surface area contributed by atoms with E-state index >= 15 is 0 Å². The summed E-state index contributed by atoms with van der Waals surface area (Å²) in [7, 11) is 0. The number of carbonyl (C=O) groups excluding carboxylic acids is 1. The van der Waals surface area contributed by atoms with Crippen molar-refractivity contribution in [1.82, 2.24) is 20.1 Å². The third-order valence-corrected chi connectivity index (χ3v) is 5.67. The number of nitrogens with zero attached hydrogens (tertiary/aromatic N) is 3. The molecule has 31 heavy (non-hydrogen) atoms. The summed E-state index contributed by atoms with van der Waals surface area (Å²) >= 11 is 0. The van der Waals surface area contributed by atoms with Gasteiger partial charge in [0.25, 0.3) is 11.5 Å². The van der Waals surface area contributed by atoms with E-state index in [0.717, 1.165) is 26.1 Å². The van der Waals surface area contributed by atoms with Gasteiger partial charge >= 0.3 is 0 Å². The van der Waals surface area contributed by atoms with E-state index in [2.05, 4.69) is 21.5 Å². The predicted molar refractivity (Wildman–Crippen MR) is 115 cm³/mol. The molecular weight excluding hydrogens is 394 g/mol. The largest absolute Gasteiger partial charge is 0.381 e. The average Bonchev–Trinajstić information content (AvgIpc) is 3.21. The number of ether oxygens (including phenoxy) is 1. The van der Waals surface area contributed by atoms with E-state index < -0.39 is 0 Å². The summed E-state index contributed by atoms with van der Waals surface area (Å²) in [6.07, 6.45) is 4.95. The van der Waals surface area contributed by atoms with Crippen LogP contribution in [-0.2, 0) is 4.74 Å². The van der Waals surface area contributed by atoms with Crippen LogP contribution in [0.5, 0.6) is 0 Å². The van der Waals surface area contributed by atoms with Crippen molar-refractivity contribution in [2.45, 2.75) is 25.8 Å². The molecule has 4 rings (SSSR count). The molecule has 1 aliphatic heterocycles. The Morgan fingerprint density at radius 3 is 2.65 bits per heavy atom. The highest BCUT2D eigenvalue weighted by Crippen LogP contribution is 2.19. The SMILES string of the molecule is C[C@@H](NC(=O)c1ccc(-n2[nH]cc(-c3ccc(C#N)cc3)c2=O)nc1)C1CCOCC1. The second-order valence-electron chi connectivity index (χ2n) is 7.63.